The zero-order valence-electron chi connectivity index (χ0n) is 8.87. The van der Waals surface area contributed by atoms with E-state index < -0.39 is 12.2 Å². The third-order valence-corrected chi connectivity index (χ3v) is 1.40. The molecule has 0 aromatic carbocycles. The van der Waals surface area contributed by atoms with Crippen LogP contribution in [0.3, 0.4) is 0 Å². The minimum Gasteiger partial charge on any atom is -0.453 e. The van der Waals surface area contributed by atoms with Gasteiger partial charge in [-0.1, -0.05) is 0 Å². The first-order valence-corrected chi connectivity index (χ1v) is 4.42. The van der Waals surface area contributed by atoms with Gasteiger partial charge in [-0.3, -0.25) is 0 Å². The van der Waals surface area contributed by atoms with Crippen LogP contribution in [0, 0.1) is 0 Å². The van der Waals surface area contributed by atoms with Crippen molar-refractivity contribution >= 4 is 12.2 Å². The molecule has 0 atom stereocenters. The SMILES string of the molecule is COC(=O)NCCOCCNC(=O)OC. The van der Waals surface area contributed by atoms with Crippen molar-refractivity contribution in [2.24, 2.45) is 0 Å². The van der Waals surface area contributed by atoms with E-state index in [1.54, 1.807) is 0 Å². The molecule has 0 aromatic rings. The standard InChI is InChI=1S/C8H16N2O5/c1-13-7(11)9-3-5-15-6-4-10-8(12)14-2/h3-6H2,1-2H3,(H,9,11)(H,10,12). The normalized spacial score (nSPS) is 9.20. The maximum absolute atomic E-state index is 10.6. The van der Waals surface area contributed by atoms with Crippen LogP contribution in [0.1, 0.15) is 0 Å². The Kier molecular flexibility index (Phi) is 8.16. The lowest BCUT2D eigenvalue weighted by Crippen LogP contribution is -2.29. The van der Waals surface area contributed by atoms with Crippen molar-refractivity contribution in [1.29, 1.82) is 0 Å². The van der Waals surface area contributed by atoms with Gasteiger partial charge in [0, 0.05) is 13.1 Å². The van der Waals surface area contributed by atoms with Crippen LogP contribution in [0.2, 0.25) is 0 Å². The molecule has 0 aromatic heterocycles. The molecule has 0 aliphatic carbocycles. The largest absolute Gasteiger partial charge is 0.453 e. The minimum absolute atomic E-state index is 0.359. The van der Waals surface area contributed by atoms with Gasteiger partial charge in [0.25, 0.3) is 0 Å². The number of carbonyl (C=O) groups is 2. The second-order valence-electron chi connectivity index (χ2n) is 2.45. The Morgan fingerprint density at radius 3 is 1.67 bits per heavy atom. The molecule has 0 unspecified atom stereocenters. The fourth-order valence-electron chi connectivity index (χ4n) is 0.697. The predicted molar refractivity (Wildman–Crippen MR) is 51.6 cm³/mol. The fraction of sp³-hybridized carbons (Fsp3) is 0.750. The van der Waals surface area contributed by atoms with Gasteiger partial charge in [-0.25, -0.2) is 9.59 Å². The van der Waals surface area contributed by atoms with Gasteiger partial charge in [0.1, 0.15) is 0 Å². The lowest BCUT2D eigenvalue weighted by molar-refractivity contribution is 0.125. The smallest absolute Gasteiger partial charge is 0.406 e. The van der Waals surface area contributed by atoms with E-state index in [1.165, 1.54) is 14.2 Å². The topological polar surface area (TPSA) is 85.9 Å². The van der Waals surface area contributed by atoms with Gasteiger partial charge in [-0.05, 0) is 0 Å². The molecule has 2 N–H and O–H groups in total. The number of methoxy groups -OCH3 is 2. The van der Waals surface area contributed by atoms with E-state index in [-0.39, 0.29) is 0 Å². The summed E-state index contributed by atoms with van der Waals surface area (Å²) in [6.45, 7) is 1.45. The second kappa shape index (κ2) is 9.07. The molecule has 0 aliphatic rings. The van der Waals surface area contributed by atoms with Crippen LogP contribution in [0.25, 0.3) is 0 Å². The maximum Gasteiger partial charge on any atom is 0.406 e. The number of rotatable bonds is 6. The van der Waals surface area contributed by atoms with Crippen molar-refractivity contribution < 1.29 is 23.8 Å². The number of hydrogen-bond acceptors (Lipinski definition) is 5. The van der Waals surface area contributed by atoms with E-state index in [4.69, 9.17) is 4.74 Å². The lowest BCUT2D eigenvalue weighted by atomic mass is 10.6. The van der Waals surface area contributed by atoms with E-state index in [0.717, 1.165) is 0 Å². The first-order chi connectivity index (χ1) is 7.20. The van der Waals surface area contributed by atoms with Crippen LogP contribution in [-0.4, -0.2) is 52.7 Å². The second-order valence-corrected chi connectivity index (χ2v) is 2.45. The molecular formula is C8H16N2O5. The summed E-state index contributed by atoms with van der Waals surface area (Å²) in [7, 11) is 2.58. The third kappa shape index (κ3) is 8.82. The number of nitrogens with one attached hydrogen (secondary N) is 2. The van der Waals surface area contributed by atoms with Gasteiger partial charge in [0.2, 0.25) is 0 Å². The number of hydrogen-bond donors (Lipinski definition) is 2. The van der Waals surface area contributed by atoms with Gasteiger partial charge in [0.15, 0.2) is 0 Å². The Labute approximate surface area is 88.1 Å². The van der Waals surface area contributed by atoms with Crippen LogP contribution in [0.15, 0.2) is 0 Å². The zero-order chi connectivity index (χ0) is 11.5. The summed E-state index contributed by atoms with van der Waals surface area (Å²) in [5, 5.41) is 4.89. The van der Waals surface area contributed by atoms with Gasteiger partial charge in [0.05, 0.1) is 27.4 Å². The molecule has 0 saturated heterocycles. The summed E-state index contributed by atoms with van der Waals surface area (Å²) in [4.78, 5) is 21.1. The summed E-state index contributed by atoms with van der Waals surface area (Å²) >= 11 is 0. The van der Waals surface area contributed by atoms with Crippen LogP contribution in [-0.2, 0) is 14.2 Å². The lowest BCUT2D eigenvalue weighted by Gasteiger charge is -2.06. The summed E-state index contributed by atoms with van der Waals surface area (Å²) in [6.07, 6.45) is -0.988. The first-order valence-electron chi connectivity index (χ1n) is 4.42. The molecule has 0 aliphatic heterocycles. The Morgan fingerprint density at radius 2 is 1.33 bits per heavy atom. The van der Waals surface area contributed by atoms with Crippen molar-refractivity contribution in [2.45, 2.75) is 0 Å². The van der Waals surface area contributed by atoms with Gasteiger partial charge >= 0.3 is 12.2 Å². The highest BCUT2D eigenvalue weighted by Gasteiger charge is 1.98. The van der Waals surface area contributed by atoms with Crippen LogP contribution < -0.4 is 10.6 Å². The molecule has 2 amide bonds. The molecule has 15 heavy (non-hydrogen) atoms. The van der Waals surface area contributed by atoms with Gasteiger partial charge in [-0.2, -0.15) is 0 Å². The van der Waals surface area contributed by atoms with E-state index >= 15 is 0 Å². The molecule has 7 heteroatoms. The van der Waals surface area contributed by atoms with Crippen molar-refractivity contribution in [3.8, 4) is 0 Å². The predicted octanol–water partition coefficient (Wildman–Crippen LogP) is -0.285. The molecule has 88 valence electrons. The number of ether oxygens (including phenoxy) is 3. The molecular weight excluding hydrogens is 204 g/mol. The van der Waals surface area contributed by atoms with E-state index in [0.29, 0.717) is 26.3 Å². The summed E-state index contributed by atoms with van der Waals surface area (Å²) < 4.78 is 13.8. The van der Waals surface area contributed by atoms with Crippen molar-refractivity contribution in [3.05, 3.63) is 0 Å². The van der Waals surface area contributed by atoms with Crippen molar-refractivity contribution in [2.75, 3.05) is 40.5 Å². The molecule has 0 rings (SSSR count). The Bertz CT molecular complexity index is 177. The monoisotopic (exact) mass is 220 g/mol. The summed E-state index contributed by atoms with van der Waals surface area (Å²) in [6, 6.07) is 0. The number of alkyl carbamates (subject to hydrolysis) is 2. The van der Waals surface area contributed by atoms with Crippen molar-refractivity contribution in [1.82, 2.24) is 10.6 Å². The van der Waals surface area contributed by atoms with E-state index in [2.05, 4.69) is 20.1 Å². The van der Waals surface area contributed by atoms with E-state index in [9.17, 15) is 9.59 Å². The molecule has 0 spiro atoms. The van der Waals surface area contributed by atoms with Crippen LogP contribution >= 0.6 is 0 Å². The Balaban J connectivity index is 3.11. The highest BCUT2D eigenvalue weighted by atomic mass is 16.5. The Hall–Kier alpha value is -1.50. The Morgan fingerprint density at radius 1 is 0.933 bits per heavy atom. The third-order valence-electron chi connectivity index (χ3n) is 1.40. The molecule has 0 saturated carbocycles. The molecule has 0 bridgehead atoms. The fourth-order valence-corrected chi connectivity index (χ4v) is 0.697. The highest BCUT2D eigenvalue weighted by molar-refractivity contribution is 5.67. The number of amides is 2. The maximum atomic E-state index is 10.6. The molecule has 7 nitrogen and oxygen atoms in total. The molecule has 0 fully saturated rings. The van der Waals surface area contributed by atoms with Gasteiger partial charge in [-0.15, -0.1) is 0 Å². The van der Waals surface area contributed by atoms with Crippen LogP contribution in [0.5, 0.6) is 0 Å². The van der Waals surface area contributed by atoms with Gasteiger partial charge < -0.3 is 24.8 Å². The average molecular weight is 220 g/mol. The minimum atomic E-state index is -0.494. The van der Waals surface area contributed by atoms with E-state index in [1.807, 2.05) is 0 Å². The highest BCUT2D eigenvalue weighted by Crippen LogP contribution is 1.76. The molecule has 0 radical (unpaired) electrons. The zero-order valence-corrected chi connectivity index (χ0v) is 8.87. The summed E-state index contributed by atoms with van der Waals surface area (Å²) in [5.74, 6) is 0. The average Bonchev–Trinajstić information content (AvgIpc) is 2.26. The van der Waals surface area contributed by atoms with Crippen LogP contribution in [0.4, 0.5) is 9.59 Å². The molecule has 0 heterocycles. The first kappa shape index (κ1) is 13.5. The summed E-state index contributed by atoms with van der Waals surface area (Å²) in [5.41, 5.74) is 0. The quantitative estimate of drug-likeness (QED) is 0.601. The van der Waals surface area contributed by atoms with Crippen molar-refractivity contribution in [3.63, 3.8) is 0 Å². The number of carbonyl (C=O) groups excluding carboxylic acids is 2.